The number of nitrogens with zero attached hydrogens (tertiary/aromatic N) is 1. The first-order valence-corrected chi connectivity index (χ1v) is 13.0. The molecule has 3 rings (SSSR count). The zero-order chi connectivity index (χ0) is 23.4. The highest BCUT2D eigenvalue weighted by molar-refractivity contribution is 7.89. The highest BCUT2D eigenvalue weighted by Crippen LogP contribution is 2.23. The molecule has 1 fully saturated rings. The third-order valence-electron chi connectivity index (χ3n) is 4.84. The van der Waals surface area contributed by atoms with E-state index >= 15 is 0 Å². The van der Waals surface area contributed by atoms with E-state index in [2.05, 4.69) is 10.0 Å². The van der Waals surface area contributed by atoms with Crippen molar-refractivity contribution < 1.29 is 26.4 Å². The molecular formula is C21H27N3O6S2. The molecule has 2 aromatic carbocycles. The van der Waals surface area contributed by atoms with E-state index in [0.717, 1.165) is 22.7 Å². The summed E-state index contributed by atoms with van der Waals surface area (Å²) in [5.41, 5.74) is 1.52. The first-order valence-electron chi connectivity index (χ1n) is 10.1. The van der Waals surface area contributed by atoms with Gasteiger partial charge in [0.2, 0.25) is 26.0 Å². The average molecular weight is 482 g/mol. The second-order valence-corrected chi connectivity index (χ2v) is 11.3. The summed E-state index contributed by atoms with van der Waals surface area (Å²) in [7, 11) is -6.32. The Labute approximate surface area is 188 Å². The minimum absolute atomic E-state index is 0.0102. The largest absolute Gasteiger partial charge is 0.383 e. The van der Waals surface area contributed by atoms with Crippen molar-refractivity contribution in [2.75, 3.05) is 32.1 Å². The third-order valence-corrected chi connectivity index (χ3v) is 8.23. The molecule has 0 saturated heterocycles. The molecule has 1 aliphatic carbocycles. The molecule has 9 nitrogen and oxygen atoms in total. The summed E-state index contributed by atoms with van der Waals surface area (Å²) in [4.78, 5) is 12.4. The number of benzene rings is 2. The van der Waals surface area contributed by atoms with Gasteiger partial charge in [-0.3, -0.25) is 4.79 Å². The Morgan fingerprint density at radius 3 is 2.31 bits per heavy atom. The lowest BCUT2D eigenvalue weighted by Crippen LogP contribution is -2.40. The van der Waals surface area contributed by atoms with Gasteiger partial charge in [0, 0.05) is 25.4 Å². The summed E-state index contributed by atoms with van der Waals surface area (Å²) in [5, 5.41) is 2.69. The molecular weight excluding hydrogens is 454 g/mol. The van der Waals surface area contributed by atoms with Crippen LogP contribution in [0.25, 0.3) is 0 Å². The summed E-state index contributed by atoms with van der Waals surface area (Å²) >= 11 is 0. The zero-order valence-electron chi connectivity index (χ0n) is 17.9. The van der Waals surface area contributed by atoms with Crippen molar-refractivity contribution in [1.29, 1.82) is 0 Å². The van der Waals surface area contributed by atoms with Gasteiger partial charge in [-0.05, 0) is 61.7 Å². The number of aryl methyl sites for hydroxylation is 1. The molecule has 0 unspecified atom stereocenters. The van der Waals surface area contributed by atoms with Crippen molar-refractivity contribution in [3.8, 4) is 0 Å². The average Bonchev–Trinajstić information content (AvgIpc) is 3.54. The zero-order valence-corrected chi connectivity index (χ0v) is 19.6. The maximum absolute atomic E-state index is 13.2. The fourth-order valence-electron chi connectivity index (χ4n) is 2.99. The normalized spacial score (nSPS) is 14.5. The Hall–Kier alpha value is -2.31. The number of ether oxygens (including phenoxy) is 1. The van der Waals surface area contributed by atoms with Crippen molar-refractivity contribution >= 4 is 31.6 Å². The van der Waals surface area contributed by atoms with Gasteiger partial charge >= 0.3 is 0 Å². The van der Waals surface area contributed by atoms with Gasteiger partial charge in [-0.2, -0.15) is 4.31 Å². The van der Waals surface area contributed by atoms with Gasteiger partial charge in [0.05, 0.1) is 22.9 Å². The van der Waals surface area contributed by atoms with Crippen LogP contribution in [0.4, 0.5) is 5.69 Å². The van der Waals surface area contributed by atoms with E-state index < -0.39 is 32.5 Å². The van der Waals surface area contributed by atoms with Crippen LogP contribution in [-0.2, 0) is 29.6 Å². The van der Waals surface area contributed by atoms with Crippen molar-refractivity contribution in [2.45, 2.75) is 35.6 Å². The van der Waals surface area contributed by atoms with Crippen molar-refractivity contribution in [1.82, 2.24) is 9.03 Å². The van der Waals surface area contributed by atoms with E-state index in [1.54, 1.807) is 18.2 Å². The molecule has 0 heterocycles. The Morgan fingerprint density at radius 2 is 1.72 bits per heavy atom. The van der Waals surface area contributed by atoms with Crippen molar-refractivity contribution in [3.63, 3.8) is 0 Å². The predicted molar refractivity (Wildman–Crippen MR) is 120 cm³/mol. The van der Waals surface area contributed by atoms with Crippen LogP contribution in [0.3, 0.4) is 0 Å². The smallest absolute Gasteiger partial charge is 0.243 e. The molecule has 0 atom stereocenters. The number of hydrogen-bond acceptors (Lipinski definition) is 6. The molecule has 174 valence electrons. The molecule has 1 aliphatic rings. The van der Waals surface area contributed by atoms with Crippen LogP contribution >= 0.6 is 0 Å². The number of sulfonamides is 2. The number of carbonyl (C=O) groups excluding carboxylic acids is 1. The summed E-state index contributed by atoms with van der Waals surface area (Å²) in [5.74, 6) is -0.497. The Balaban J connectivity index is 1.76. The maximum Gasteiger partial charge on any atom is 0.243 e. The lowest BCUT2D eigenvalue weighted by Gasteiger charge is -2.21. The van der Waals surface area contributed by atoms with Gasteiger partial charge in [-0.1, -0.05) is 12.1 Å². The second-order valence-electron chi connectivity index (χ2n) is 7.62. The molecule has 11 heteroatoms. The molecule has 1 amide bonds. The van der Waals surface area contributed by atoms with E-state index in [0.29, 0.717) is 5.69 Å². The fraction of sp³-hybridized carbons (Fsp3) is 0.381. The van der Waals surface area contributed by atoms with E-state index in [1.807, 2.05) is 13.0 Å². The van der Waals surface area contributed by atoms with Gasteiger partial charge in [-0.25, -0.2) is 21.6 Å². The molecule has 2 N–H and O–H groups in total. The monoisotopic (exact) mass is 481 g/mol. The summed E-state index contributed by atoms with van der Waals surface area (Å²) in [6.45, 7) is 1.52. The maximum atomic E-state index is 13.2. The molecule has 0 spiro atoms. The van der Waals surface area contributed by atoms with Crippen LogP contribution in [-0.4, -0.2) is 59.9 Å². The molecule has 0 radical (unpaired) electrons. The molecule has 0 aromatic heterocycles. The Kier molecular flexibility index (Phi) is 7.67. The van der Waals surface area contributed by atoms with Gasteiger partial charge in [0.25, 0.3) is 0 Å². The fourth-order valence-corrected chi connectivity index (χ4v) is 5.67. The van der Waals surface area contributed by atoms with Gasteiger partial charge < -0.3 is 10.1 Å². The Morgan fingerprint density at radius 1 is 1.06 bits per heavy atom. The minimum atomic E-state index is -4.06. The van der Waals surface area contributed by atoms with Crippen LogP contribution in [0.2, 0.25) is 0 Å². The number of anilines is 1. The molecule has 32 heavy (non-hydrogen) atoms. The number of carbonyl (C=O) groups is 1. The molecule has 0 bridgehead atoms. The quantitative estimate of drug-likeness (QED) is 0.504. The standard InChI is InChI=1S/C21H27N3O6S2/c1-16-4-3-5-18(14-16)22-21(25)15-24(12-13-30-2)32(28,29)20-10-8-19(9-11-20)31(26,27)23-17-6-7-17/h3-5,8-11,14,17,23H,6-7,12-13,15H2,1-2H3,(H,22,25). The second kappa shape index (κ2) is 10.1. The lowest BCUT2D eigenvalue weighted by atomic mass is 10.2. The van der Waals surface area contributed by atoms with Crippen LogP contribution in [0.1, 0.15) is 18.4 Å². The molecule has 0 aliphatic heterocycles. The van der Waals surface area contributed by atoms with Crippen molar-refractivity contribution in [2.24, 2.45) is 0 Å². The highest BCUT2D eigenvalue weighted by Gasteiger charge is 2.30. The summed E-state index contributed by atoms with van der Waals surface area (Å²) in [6.07, 6.45) is 1.59. The Bertz CT molecular complexity index is 1160. The number of nitrogens with one attached hydrogen (secondary N) is 2. The van der Waals surface area contributed by atoms with E-state index in [4.69, 9.17) is 4.74 Å². The van der Waals surface area contributed by atoms with Crippen molar-refractivity contribution in [3.05, 3.63) is 54.1 Å². The molecule has 2 aromatic rings. The van der Waals surface area contributed by atoms with Crippen LogP contribution in [0, 0.1) is 6.92 Å². The van der Waals surface area contributed by atoms with Gasteiger partial charge in [0.15, 0.2) is 0 Å². The van der Waals surface area contributed by atoms with Crippen LogP contribution in [0.5, 0.6) is 0 Å². The van der Waals surface area contributed by atoms with Gasteiger partial charge in [-0.15, -0.1) is 0 Å². The van der Waals surface area contributed by atoms with Crippen LogP contribution < -0.4 is 10.0 Å². The third kappa shape index (κ3) is 6.36. The number of rotatable bonds is 11. The minimum Gasteiger partial charge on any atom is -0.383 e. The van der Waals surface area contributed by atoms with E-state index in [9.17, 15) is 21.6 Å². The number of methoxy groups -OCH3 is 1. The first-order chi connectivity index (χ1) is 15.1. The molecule has 1 saturated carbocycles. The highest BCUT2D eigenvalue weighted by atomic mass is 32.2. The van der Waals surface area contributed by atoms with E-state index in [1.165, 1.54) is 31.4 Å². The number of hydrogen-bond donors (Lipinski definition) is 2. The predicted octanol–water partition coefficient (Wildman–Crippen LogP) is 1.71. The summed E-state index contributed by atoms with van der Waals surface area (Å²) < 4.78 is 59.5. The summed E-state index contributed by atoms with van der Waals surface area (Å²) in [6, 6.07) is 12.1. The lowest BCUT2D eigenvalue weighted by molar-refractivity contribution is -0.116. The number of amides is 1. The van der Waals surface area contributed by atoms with Gasteiger partial charge in [0.1, 0.15) is 0 Å². The van der Waals surface area contributed by atoms with Crippen LogP contribution in [0.15, 0.2) is 58.3 Å². The SMILES string of the molecule is COCCN(CC(=O)Nc1cccc(C)c1)S(=O)(=O)c1ccc(S(=O)(=O)NC2CC2)cc1. The topological polar surface area (TPSA) is 122 Å². The van der Waals surface area contributed by atoms with E-state index in [-0.39, 0.29) is 29.0 Å². The first kappa shape index (κ1) is 24.3.